The van der Waals surface area contributed by atoms with Gasteiger partial charge in [-0.2, -0.15) is 0 Å². The van der Waals surface area contributed by atoms with Gasteiger partial charge in [-0.25, -0.2) is 4.39 Å². The minimum absolute atomic E-state index is 0.0837. The monoisotopic (exact) mass is 261 g/mol. The molecule has 0 unspecified atom stereocenters. The average molecular weight is 261 g/mol. The number of pyridine rings is 1. The van der Waals surface area contributed by atoms with Crippen molar-refractivity contribution in [2.24, 2.45) is 0 Å². The highest BCUT2D eigenvalue weighted by Gasteiger charge is 2.21. The van der Waals surface area contributed by atoms with E-state index in [4.69, 9.17) is 6.42 Å². The maximum atomic E-state index is 13.5. The van der Waals surface area contributed by atoms with Crippen LogP contribution < -0.4 is 0 Å². The number of amides is 1. The van der Waals surface area contributed by atoms with Crippen LogP contribution in [0, 0.1) is 18.2 Å². The minimum atomic E-state index is -0.572. The molecular formula is C14H16FN3O. The summed E-state index contributed by atoms with van der Waals surface area (Å²) in [5.74, 6) is 1.76. The van der Waals surface area contributed by atoms with Crippen LogP contribution in [-0.2, 0) is 0 Å². The van der Waals surface area contributed by atoms with E-state index < -0.39 is 5.82 Å². The number of halogens is 1. The third-order valence-corrected chi connectivity index (χ3v) is 3.19. The molecule has 2 rings (SSSR count). The Kier molecular flexibility index (Phi) is 4.48. The average Bonchev–Trinajstić information content (AvgIpc) is 2.65. The van der Waals surface area contributed by atoms with E-state index in [0.717, 1.165) is 25.7 Å². The predicted octanol–water partition coefficient (Wildman–Crippen LogP) is 1.00. The largest absolute Gasteiger partial charge is 0.337 e. The van der Waals surface area contributed by atoms with Crippen molar-refractivity contribution in [2.45, 2.75) is 6.42 Å². The van der Waals surface area contributed by atoms with Gasteiger partial charge in [-0.1, -0.05) is 5.92 Å². The lowest BCUT2D eigenvalue weighted by atomic mass is 10.2. The Hall–Kier alpha value is -1.93. The van der Waals surface area contributed by atoms with E-state index in [1.807, 2.05) is 0 Å². The number of aromatic nitrogens is 1. The first-order chi connectivity index (χ1) is 9.22. The third-order valence-electron chi connectivity index (χ3n) is 3.19. The van der Waals surface area contributed by atoms with Gasteiger partial charge in [-0.05, 0) is 12.5 Å². The van der Waals surface area contributed by atoms with Crippen LogP contribution in [0.4, 0.5) is 4.39 Å². The summed E-state index contributed by atoms with van der Waals surface area (Å²) in [4.78, 5) is 19.7. The van der Waals surface area contributed by atoms with Gasteiger partial charge in [0.1, 0.15) is 0 Å². The van der Waals surface area contributed by atoms with Gasteiger partial charge >= 0.3 is 0 Å². The van der Waals surface area contributed by atoms with E-state index in [9.17, 15) is 9.18 Å². The Labute approximate surface area is 112 Å². The predicted molar refractivity (Wildman–Crippen MR) is 70.0 cm³/mol. The summed E-state index contributed by atoms with van der Waals surface area (Å²) >= 11 is 0. The molecule has 0 saturated carbocycles. The highest BCUT2D eigenvalue weighted by molar-refractivity contribution is 5.94. The summed E-state index contributed by atoms with van der Waals surface area (Å²) in [6.07, 6.45) is 8.63. The third kappa shape index (κ3) is 3.30. The lowest BCUT2D eigenvalue weighted by Crippen LogP contribution is -2.35. The molecule has 0 atom stereocenters. The van der Waals surface area contributed by atoms with Crippen molar-refractivity contribution in [2.75, 3.05) is 32.7 Å². The van der Waals surface area contributed by atoms with Crippen LogP contribution in [0.5, 0.6) is 0 Å². The normalized spacial score (nSPS) is 16.7. The van der Waals surface area contributed by atoms with Gasteiger partial charge in [-0.15, -0.1) is 6.42 Å². The summed E-state index contributed by atoms with van der Waals surface area (Å²) < 4.78 is 13.5. The van der Waals surface area contributed by atoms with Crippen LogP contribution in [0.3, 0.4) is 0 Å². The van der Waals surface area contributed by atoms with Crippen LogP contribution in [-0.4, -0.2) is 53.4 Å². The summed E-state index contributed by atoms with van der Waals surface area (Å²) in [5, 5.41) is 0. The summed E-state index contributed by atoms with van der Waals surface area (Å²) in [6, 6.07) is 1.42. The zero-order valence-corrected chi connectivity index (χ0v) is 10.7. The lowest BCUT2D eigenvalue weighted by molar-refractivity contribution is 0.0757. The van der Waals surface area contributed by atoms with Gasteiger partial charge in [0.05, 0.1) is 18.3 Å². The fourth-order valence-electron chi connectivity index (χ4n) is 2.18. The number of nitrogens with zero attached hydrogens (tertiary/aromatic N) is 3. The maximum Gasteiger partial charge on any atom is 0.256 e. The molecule has 100 valence electrons. The summed E-state index contributed by atoms with van der Waals surface area (Å²) in [7, 11) is 0. The Bertz CT molecular complexity index is 498. The zero-order valence-electron chi connectivity index (χ0n) is 10.7. The molecule has 1 fully saturated rings. The second-order valence-electron chi connectivity index (χ2n) is 4.48. The van der Waals surface area contributed by atoms with E-state index in [2.05, 4.69) is 15.8 Å². The first-order valence-electron chi connectivity index (χ1n) is 6.27. The van der Waals surface area contributed by atoms with Crippen molar-refractivity contribution in [3.05, 3.63) is 29.8 Å². The molecule has 0 bridgehead atoms. The van der Waals surface area contributed by atoms with Crippen LogP contribution in [0.25, 0.3) is 0 Å². The number of rotatable bonds is 2. The van der Waals surface area contributed by atoms with E-state index in [0.29, 0.717) is 19.6 Å². The molecule has 0 aliphatic carbocycles. The Morgan fingerprint density at radius 3 is 3.00 bits per heavy atom. The van der Waals surface area contributed by atoms with E-state index in [1.54, 1.807) is 4.90 Å². The topological polar surface area (TPSA) is 36.4 Å². The van der Waals surface area contributed by atoms with Crippen LogP contribution >= 0.6 is 0 Å². The number of terminal acetylenes is 1. The molecule has 1 aliphatic rings. The molecule has 19 heavy (non-hydrogen) atoms. The Morgan fingerprint density at radius 1 is 1.42 bits per heavy atom. The molecule has 0 radical (unpaired) electrons. The molecular weight excluding hydrogens is 245 g/mol. The first-order valence-corrected chi connectivity index (χ1v) is 6.27. The maximum absolute atomic E-state index is 13.5. The smallest absolute Gasteiger partial charge is 0.256 e. The van der Waals surface area contributed by atoms with Crippen molar-refractivity contribution in [3.63, 3.8) is 0 Å². The molecule has 5 heteroatoms. The Morgan fingerprint density at radius 2 is 2.26 bits per heavy atom. The van der Waals surface area contributed by atoms with Crippen LogP contribution in [0.15, 0.2) is 18.5 Å². The van der Waals surface area contributed by atoms with E-state index in [-0.39, 0.29) is 11.5 Å². The number of hydrogen-bond acceptors (Lipinski definition) is 3. The molecule has 4 nitrogen and oxygen atoms in total. The highest BCUT2D eigenvalue weighted by Crippen LogP contribution is 2.11. The van der Waals surface area contributed by atoms with Crippen molar-refractivity contribution in [3.8, 4) is 12.3 Å². The fourth-order valence-corrected chi connectivity index (χ4v) is 2.18. The van der Waals surface area contributed by atoms with Gasteiger partial charge in [0.25, 0.3) is 5.91 Å². The SMILES string of the molecule is C#CCN1CCCN(C(=O)c2ccncc2F)CC1. The van der Waals surface area contributed by atoms with Crippen molar-refractivity contribution < 1.29 is 9.18 Å². The molecule has 1 saturated heterocycles. The highest BCUT2D eigenvalue weighted by atomic mass is 19.1. The lowest BCUT2D eigenvalue weighted by Gasteiger charge is -2.21. The number of carbonyl (C=O) groups excluding carboxylic acids is 1. The number of hydrogen-bond donors (Lipinski definition) is 0. The van der Waals surface area contributed by atoms with E-state index in [1.165, 1.54) is 12.3 Å². The van der Waals surface area contributed by atoms with Crippen molar-refractivity contribution in [1.29, 1.82) is 0 Å². The molecule has 2 heterocycles. The van der Waals surface area contributed by atoms with Gasteiger partial charge < -0.3 is 4.90 Å². The first kappa shape index (κ1) is 13.5. The quantitative estimate of drug-likeness (QED) is 0.745. The minimum Gasteiger partial charge on any atom is -0.337 e. The molecule has 1 aromatic rings. The standard InChI is InChI=1S/C14H16FN3O/c1-2-6-17-7-3-8-18(10-9-17)14(19)12-4-5-16-11-13(12)15/h1,4-5,11H,3,6-10H2. The molecule has 0 aromatic carbocycles. The fraction of sp³-hybridized carbons (Fsp3) is 0.429. The van der Waals surface area contributed by atoms with Gasteiger partial charge in [-0.3, -0.25) is 14.7 Å². The summed E-state index contributed by atoms with van der Waals surface area (Å²) in [6.45, 7) is 3.38. The van der Waals surface area contributed by atoms with Gasteiger partial charge in [0.2, 0.25) is 0 Å². The molecule has 0 N–H and O–H groups in total. The Balaban J connectivity index is 2.05. The van der Waals surface area contributed by atoms with Crippen LogP contribution in [0.2, 0.25) is 0 Å². The van der Waals surface area contributed by atoms with Crippen molar-refractivity contribution in [1.82, 2.24) is 14.8 Å². The van der Waals surface area contributed by atoms with E-state index >= 15 is 0 Å². The van der Waals surface area contributed by atoms with Gasteiger partial charge in [0.15, 0.2) is 5.82 Å². The summed E-state index contributed by atoms with van der Waals surface area (Å²) in [5.41, 5.74) is 0.0837. The van der Waals surface area contributed by atoms with Crippen molar-refractivity contribution >= 4 is 5.91 Å². The molecule has 1 aromatic heterocycles. The van der Waals surface area contributed by atoms with Crippen LogP contribution in [0.1, 0.15) is 16.8 Å². The zero-order chi connectivity index (χ0) is 13.7. The molecule has 1 amide bonds. The molecule has 0 spiro atoms. The van der Waals surface area contributed by atoms with Gasteiger partial charge in [0, 0.05) is 32.4 Å². The number of carbonyl (C=O) groups is 1. The second-order valence-corrected chi connectivity index (χ2v) is 4.48. The molecule has 1 aliphatic heterocycles. The second kappa shape index (κ2) is 6.30.